The second-order valence-electron chi connectivity index (χ2n) is 5.06. The van der Waals surface area contributed by atoms with E-state index < -0.39 is 0 Å². The maximum absolute atomic E-state index is 6.17. The molecular weight excluding hydrogens is 272 g/mol. The summed E-state index contributed by atoms with van der Waals surface area (Å²) < 4.78 is 11.3. The van der Waals surface area contributed by atoms with Crippen LogP contribution in [0.2, 0.25) is 5.02 Å². The van der Waals surface area contributed by atoms with E-state index in [0.717, 1.165) is 44.5 Å². The molecule has 20 heavy (non-hydrogen) atoms. The van der Waals surface area contributed by atoms with E-state index >= 15 is 0 Å². The van der Waals surface area contributed by atoms with E-state index in [1.165, 1.54) is 0 Å². The molecule has 0 radical (unpaired) electrons. The monoisotopic (exact) mass is 290 g/mol. The minimum atomic E-state index is 0.791. The van der Waals surface area contributed by atoms with Crippen molar-refractivity contribution in [2.24, 2.45) is 0 Å². The first-order valence-corrected chi connectivity index (χ1v) is 6.90. The van der Waals surface area contributed by atoms with Crippen molar-refractivity contribution in [2.75, 3.05) is 7.11 Å². The van der Waals surface area contributed by atoms with Crippen molar-refractivity contribution in [1.82, 2.24) is 0 Å². The second kappa shape index (κ2) is 5.76. The highest BCUT2D eigenvalue weighted by Gasteiger charge is 2.08. The lowest BCUT2D eigenvalue weighted by atomic mass is 10.1. The Hall–Kier alpha value is -1.67. The van der Waals surface area contributed by atoms with Crippen molar-refractivity contribution in [3.8, 4) is 17.2 Å². The molecule has 0 N–H and O–H groups in total. The average molecular weight is 291 g/mol. The summed E-state index contributed by atoms with van der Waals surface area (Å²) in [7, 11) is 1.68. The van der Waals surface area contributed by atoms with Crippen LogP contribution in [-0.4, -0.2) is 7.11 Å². The average Bonchev–Trinajstić information content (AvgIpc) is 2.35. The molecule has 0 amide bonds. The fourth-order valence-electron chi connectivity index (χ4n) is 2.39. The number of methoxy groups -OCH3 is 1. The molecule has 0 saturated carbocycles. The highest BCUT2D eigenvalue weighted by atomic mass is 35.5. The number of ether oxygens (including phenoxy) is 2. The number of benzene rings is 2. The van der Waals surface area contributed by atoms with Crippen LogP contribution in [0.4, 0.5) is 0 Å². The largest absolute Gasteiger partial charge is 0.496 e. The summed E-state index contributed by atoms with van der Waals surface area (Å²) >= 11 is 6.17. The molecule has 0 fully saturated rings. The Balaban J connectivity index is 2.35. The summed E-state index contributed by atoms with van der Waals surface area (Å²) in [5, 5.41) is 0.791. The van der Waals surface area contributed by atoms with Crippen molar-refractivity contribution >= 4 is 11.6 Å². The van der Waals surface area contributed by atoms with Gasteiger partial charge < -0.3 is 9.47 Å². The quantitative estimate of drug-likeness (QED) is 0.756. The lowest BCUT2D eigenvalue weighted by molar-refractivity contribution is 0.406. The van der Waals surface area contributed by atoms with Gasteiger partial charge in [-0.25, -0.2) is 0 Å². The van der Waals surface area contributed by atoms with Gasteiger partial charge in [-0.2, -0.15) is 0 Å². The molecule has 0 atom stereocenters. The summed E-state index contributed by atoms with van der Waals surface area (Å²) in [6.45, 7) is 7.98. The standard InChI is InChI=1S/C17H19ClO2/c1-10-6-14(7-11(2)16(10)18)20-15-8-12(3)17(19-5)13(4)9-15/h6-9H,1-5H3. The van der Waals surface area contributed by atoms with Gasteiger partial charge in [-0.15, -0.1) is 0 Å². The van der Waals surface area contributed by atoms with E-state index in [-0.39, 0.29) is 0 Å². The molecule has 106 valence electrons. The minimum absolute atomic E-state index is 0.791. The Labute approximate surface area is 125 Å². The molecule has 0 aliphatic carbocycles. The highest BCUT2D eigenvalue weighted by Crippen LogP contribution is 2.33. The van der Waals surface area contributed by atoms with Crippen LogP contribution in [0.15, 0.2) is 24.3 Å². The Morgan fingerprint density at radius 3 is 1.55 bits per heavy atom. The van der Waals surface area contributed by atoms with Gasteiger partial charge in [0.2, 0.25) is 0 Å². The Kier molecular flexibility index (Phi) is 4.24. The van der Waals surface area contributed by atoms with Crippen molar-refractivity contribution < 1.29 is 9.47 Å². The number of halogens is 1. The third-order valence-electron chi connectivity index (χ3n) is 3.28. The number of hydrogen-bond donors (Lipinski definition) is 0. The second-order valence-corrected chi connectivity index (χ2v) is 5.44. The fraction of sp³-hybridized carbons (Fsp3) is 0.294. The zero-order chi connectivity index (χ0) is 14.9. The van der Waals surface area contributed by atoms with Gasteiger partial charge in [-0.3, -0.25) is 0 Å². The van der Waals surface area contributed by atoms with Gasteiger partial charge in [0, 0.05) is 5.02 Å². The van der Waals surface area contributed by atoms with Crippen LogP contribution in [0, 0.1) is 27.7 Å². The molecule has 0 heterocycles. The normalized spacial score (nSPS) is 10.5. The van der Waals surface area contributed by atoms with Crippen LogP contribution >= 0.6 is 11.6 Å². The molecule has 2 aromatic rings. The first-order valence-electron chi connectivity index (χ1n) is 6.52. The van der Waals surface area contributed by atoms with Crippen molar-refractivity contribution in [2.45, 2.75) is 27.7 Å². The third kappa shape index (κ3) is 2.91. The molecule has 3 heteroatoms. The molecule has 2 rings (SSSR count). The third-order valence-corrected chi connectivity index (χ3v) is 3.88. The van der Waals surface area contributed by atoms with Crippen LogP contribution in [-0.2, 0) is 0 Å². The van der Waals surface area contributed by atoms with Crippen molar-refractivity contribution in [3.63, 3.8) is 0 Å². The summed E-state index contributed by atoms with van der Waals surface area (Å²) in [6, 6.07) is 7.85. The number of aryl methyl sites for hydroxylation is 4. The molecule has 0 aromatic heterocycles. The Bertz CT molecular complexity index is 601. The number of rotatable bonds is 3. The predicted molar refractivity (Wildman–Crippen MR) is 83.5 cm³/mol. The summed E-state index contributed by atoms with van der Waals surface area (Å²) in [6.07, 6.45) is 0. The molecule has 0 aliphatic rings. The van der Waals surface area contributed by atoms with E-state index in [9.17, 15) is 0 Å². The van der Waals surface area contributed by atoms with Gasteiger partial charge in [0.25, 0.3) is 0 Å². The van der Waals surface area contributed by atoms with Gasteiger partial charge in [-0.1, -0.05) is 11.6 Å². The first-order chi connectivity index (χ1) is 9.42. The lowest BCUT2D eigenvalue weighted by Crippen LogP contribution is -1.94. The maximum atomic E-state index is 6.17. The molecule has 0 aliphatic heterocycles. The SMILES string of the molecule is COc1c(C)cc(Oc2cc(C)c(Cl)c(C)c2)cc1C. The number of hydrogen-bond acceptors (Lipinski definition) is 2. The molecular formula is C17H19ClO2. The van der Waals surface area contributed by atoms with Crippen LogP contribution < -0.4 is 9.47 Å². The van der Waals surface area contributed by atoms with Crippen LogP contribution in [0.25, 0.3) is 0 Å². The summed E-state index contributed by atoms with van der Waals surface area (Å²) in [5.74, 6) is 2.51. The van der Waals surface area contributed by atoms with E-state index in [1.807, 2.05) is 52.0 Å². The van der Waals surface area contributed by atoms with Gasteiger partial charge in [-0.05, 0) is 74.2 Å². The molecule has 2 aromatic carbocycles. The summed E-state index contributed by atoms with van der Waals surface area (Å²) in [4.78, 5) is 0. The topological polar surface area (TPSA) is 18.5 Å². The molecule has 0 unspecified atom stereocenters. The Morgan fingerprint density at radius 2 is 1.15 bits per heavy atom. The summed E-state index contributed by atoms with van der Waals surface area (Å²) in [5.41, 5.74) is 4.15. The van der Waals surface area contributed by atoms with Crippen molar-refractivity contribution in [3.05, 3.63) is 51.5 Å². The highest BCUT2D eigenvalue weighted by molar-refractivity contribution is 6.32. The molecule has 0 bridgehead atoms. The molecule has 0 spiro atoms. The van der Waals surface area contributed by atoms with E-state index in [1.54, 1.807) is 7.11 Å². The van der Waals surface area contributed by atoms with E-state index in [4.69, 9.17) is 21.1 Å². The predicted octanol–water partition coefficient (Wildman–Crippen LogP) is 5.37. The van der Waals surface area contributed by atoms with Gasteiger partial charge >= 0.3 is 0 Å². The smallest absolute Gasteiger partial charge is 0.128 e. The zero-order valence-electron chi connectivity index (χ0n) is 12.5. The maximum Gasteiger partial charge on any atom is 0.128 e. The fourth-order valence-corrected chi connectivity index (χ4v) is 2.50. The van der Waals surface area contributed by atoms with Crippen LogP contribution in [0.5, 0.6) is 17.2 Å². The van der Waals surface area contributed by atoms with Gasteiger partial charge in [0.15, 0.2) is 0 Å². The van der Waals surface area contributed by atoms with Crippen molar-refractivity contribution in [1.29, 1.82) is 0 Å². The first kappa shape index (κ1) is 14.7. The van der Waals surface area contributed by atoms with Crippen LogP contribution in [0.3, 0.4) is 0 Å². The lowest BCUT2D eigenvalue weighted by Gasteiger charge is -2.13. The Morgan fingerprint density at radius 1 is 0.750 bits per heavy atom. The zero-order valence-corrected chi connectivity index (χ0v) is 13.3. The van der Waals surface area contributed by atoms with E-state index in [0.29, 0.717) is 0 Å². The van der Waals surface area contributed by atoms with E-state index in [2.05, 4.69) is 0 Å². The molecule has 2 nitrogen and oxygen atoms in total. The van der Waals surface area contributed by atoms with Gasteiger partial charge in [0.1, 0.15) is 17.2 Å². The van der Waals surface area contributed by atoms with Gasteiger partial charge in [0.05, 0.1) is 7.11 Å². The van der Waals surface area contributed by atoms with Crippen LogP contribution in [0.1, 0.15) is 22.3 Å². The molecule has 0 saturated heterocycles. The minimum Gasteiger partial charge on any atom is -0.496 e.